The maximum Gasteiger partial charge on any atom is 0.256 e. The number of benzene rings is 1. The van der Waals surface area contributed by atoms with Gasteiger partial charge in [0.05, 0.1) is 12.3 Å². The van der Waals surface area contributed by atoms with Crippen molar-refractivity contribution in [2.24, 2.45) is 0 Å². The van der Waals surface area contributed by atoms with Gasteiger partial charge >= 0.3 is 0 Å². The van der Waals surface area contributed by atoms with Gasteiger partial charge in [-0.05, 0) is 35.6 Å². The van der Waals surface area contributed by atoms with Gasteiger partial charge in [0.15, 0.2) is 0 Å². The van der Waals surface area contributed by atoms with E-state index >= 15 is 0 Å². The van der Waals surface area contributed by atoms with Crippen LogP contribution >= 0.6 is 0 Å². The lowest BCUT2D eigenvalue weighted by molar-refractivity contribution is 0.279. The van der Waals surface area contributed by atoms with Crippen LogP contribution in [0.15, 0.2) is 41.2 Å². The summed E-state index contributed by atoms with van der Waals surface area (Å²) in [5.41, 5.74) is 3.59. The maximum absolute atomic E-state index is 12.4. The van der Waals surface area contributed by atoms with Crippen molar-refractivity contribution in [2.75, 3.05) is 0 Å². The van der Waals surface area contributed by atoms with Gasteiger partial charge in [-0.2, -0.15) is 0 Å². The monoisotopic (exact) mass is 285 g/mol. The summed E-state index contributed by atoms with van der Waals surface area (Å²) in [4.78, 5) is 12.4. The van der Waals surface area contributed by atoms with E-state index in [-0.39, 0.29) is 12.2 Å². The number of aliphatic hydroxyl groups excluding tert-OH is 1. The van der Waals surface area contributed by atoms with Gasteiger partial charge in [-0.25, -0.2) is 0 Å². The normalized spacial score (nSPS) is 11.1. The Balaban J connectivity index is 2.52. The van der Waals surface area contributed by atoms with Gasteiger partial charge in [-0.1, -0.05) is 45.0 Å². The molecule has 0 saturated carbocycles. The van der Waals surface area contributed by atoms with Crippen LogP contribution in [0.5, 0.6) is 0 Å². The molecule has 112 valence electrons. The number of aromatic nitrogens is 1. The van der Waals surface area contributed by atoms with E-state index in [1.54, 1.807) is 10.6 Å². The molecule has 0 unspecified atom stereocenters. The van der Waals surface area contributed by atoms with E-state index in [2.05, 4.69) is 38.1 Å². The van der Waals surface area contributed by atoms with Gasteiger partial charge in [0.2, 0.25) is 0 Å². The largest absolute Gasteiger partial charge is 0.391 e. The number of pyridine rings is 1. The summed E-state index contributed by atoms with van der Waals surface area (Å²) >= 11 is 0. The van der Waals surface area contributed by atoms with Crippen molar-refractivity contribution in [3.63, 3.8) is 0 Å². The highest BCUT2D eigenvalue weighted by molar-refractivity contribution is 5.60. The minimum absolute atomic E-state index is 0.0928. The number of nitrogens with zero attached hydrogens (tertiary/aromatic N) is 1. The van der Waals surface area contributed by atoms with Gasteiger partial charge in [0.25, 0.3) is 5.56 Å². The SMILES string of the molecule is CCCn1c(-c2ccc(C(C)C)cc2)ccc(CO)c1=O. The molecule has 1 aromatic heterocycles. The molecule has 3 nitrogen and oxygen atoms in total. The first-order valence-electron chi connectivity index (χ1n) is 7.52. The Bertz CT molecular complexity index is 654. The lowest BCUT2D eigenvalue weighted by atomic mass is 10.0. The first kappa shape index (κ1) is 15.5. The van der Waals surface area contributed by atoms with Crippen LogP contribution in [-0.2, 0) is 13.2 Å². The highest BCUT2D eigenvalue weighted by Gasteiger charge is 2.10. The van der Waals surface area contributed by atoms with E-state index in [4.69, 9.17) is 0 Å². The second kappa shape index (κ2) is 6.72. The molecular formula is C18H23NO2. The quantitative estimate of drug-likeness (QED) is 0.913. The predicted octanol–water partition coefficient (Wildman–Crippen LogP) is 3.54. The molecule has 0 aliphatic heterocycles. The van der Waals surface area contributed by atoms with Gasteiger partial charge in [-0.3, -0.25) is 4.79 Å². The fourth-order valence-electron chi connectivity index (χ4n) is 2.48. The Kier molecular flexibility index (Phi) is 4.97. The Labute approximate surface area is 125 Å². The minimum atomic E-state index is -0.213. The topological polar surface area (TPSA) is 42.2 Å². The molecular weight excluding hydrogens is 262 g/mol. The zero-order valence-corrected chi connectivity index (χ0v) is 13.0. The van der Waals surface area contributed by atoms with Crippen LogP contribution in [0.4, 0.5) is 0 Å². The van der Waals surface area contributed by atoms with E-state index in [0.29, 0.717) is 18.0 Å². The summed E-state index contributed by atoms with van der Waals surface area (Å²) < 4.78 is 1.76. The number of hydrogen-bond acceptors (Lipinski definition) is 2. The molecule has 2 rings (SSSR count). The molecule has 0 saturated heterocycles. The van der Waals surface area contributed by atoms with Crippen LogP contribution in [0.1, 0.15) is 44.2 Å². The van der Waals surface area contributed by atoms with E-state index in [1.165, 1.54) is 5.56 Å². The Morgan fingerprint density at radius 1 is 1.10 bits per heavy atom. The Morgan fingerprint density at radius 2 is 1.76 bits per heavy atom. The van der Waals surface area contributed by atoms with E-state index < -0.39 is 0 Å². The van der Waals surface area contributed by atoms with Crippen molar-refractivity contribution in [3.8, 4) is 11.3 Å². The molecule has 1 N–H and O–H groups in total. The number of hydrogen-bond donors (Lipinski definition) is 1. The van der Waals surface area contributed by atoms with Crippen molar-refractivity contribution in [2.45, 2.75) is 46.3 Å². The molecule has 0 amide bonds. The van der Waals surface area contributed by atoms with Gasteiger partial charge in [-0.15, -0.1) is 0 Å². The van der Waals surface area contributed by atoms with Crippen LogP contribution in [-0.4, -0.2) is 9.67 Å². The molecule has 0 aliphatic carbocycles. The molecule has 1 heterocycles. The summed E-state index contributed by atoms with van der Waals surface area (Å²) in [5, 5.41) is 9.26. The Hall–Kier alpha value is -1.87. The zero-order valence-electron chi connectivity index (χ0n) is 13.0. The molecule has 0 spiro atoms. The van der Waals surface area contributed by atoms with Crippen molar-refractivity contribution in [1.82, 2.24) is 4.57 Å². The molecule has 0 bridgehead atoms. The van der Waals surface area contributed by atoms with Crippen molar-refractivity contribution in [3.05, 3.63) is 57.9 Å². The summed E-state index contributed by atoms with van der Waals surface area (Å²) in [6.07, 6.45) is 0.881. The van der Waals surface area contributed by atoms with Crippen molar-refractivity contribution < 1.29 is 5.11 Å². The average Bonchev–Trinajstić information content (AvgIpc) is 2.49. The molecule has 0 radical (unpaired) electrons. The average molecular weight is 285 g/mol. The second-order valence-corrected chi connectivity index (χ2v) is 5.64. The van der Waals surface area contributed by atoms with Gasteiger partial charge in [0, 0.05) is 12.1 Å². The Morgan fingerprint density at radius 3 is 2.29 bits per heavy atom. The highest BCUT2D eigenvalue weighted by atomic mass is 16.3. The van der Waals surface area contributed by atoms with Crippen LogP contribution in [0.25, 0.3) is 11.3 Å². The van der Waals surface area contributed by atoms with Gasteiger partial charge in [0.1, 0.15) is 0 Å². The predicted molar refractivity (Wildman–Crippen MR) is 86.4 cm³/mol. The third-order valence-corrected chi connectivity index (χ3v) is 3.74. The molecule has 3 heteroatoms. The summed E-state index contributed by atoms with van der Waals surface area (Å²) in [6, 6.07) is 12.0. The smallest absolute Gasteiger partial charge is 0.256 e. The van der Waals surface area contributed by atoms with E-state index in [9.17, 15) is 9.90 Å². The summed E-state index contributed by atoms with van der Waals surface area (Å²) in [6.45, 7) is 6.82. The molecule has 1 aromatic carbocycles. The summed E-state index contributed by atoms with van der Waals surface area (Å²) in [7, 11) is 0. The van der Waals surface area contributed by atoms with Gasteiger partial charge < -0.3 is 9.67 Å². The van der Waals surface area contributed by atoms with E-state index in [0.717, 1.165) is 17.7 Å². The fourth-order valence-corrected chi connectivity index (χ4v) is 2.48. The third kappa shape index (κ3) is 3.24. The molecule has 0 atom stereocenters. The standard InChI is InChI=1S/C18H23NO2/c1-4-11-19-17(10-9-16(12-20)18(19)21)15-7-5-14(6-8-15)13(2)3/h5-10,13,20H,4,11-12H2,1-3H3. The molecule has 2 aromatic rings. The van der Waals surface area contributed by atoms with Crippen LogP contribution in [0.2, 0.25) is 0 Å². The number of aliphatic hydroxyl groups is 1. The maximum atomic E-state index is 12.4. The first-order chi connectivity index (χ1) is 10.1. The minimum Gasteiger partial charge on any atom is -0.391 e. The molecule has 0 aliphatic rings. The van der Waals surface area contributed by atoms with Crippen LogP contribution in [0.3, 0.4) is 0 Å². The second-order valence-electron chi connectivity index (χ2n) is 5.64. The van der Waals surface area contributed by atoms with Crippen molar-refractivity contribution >= 4 is 0 Å². The third-order valence-electron chi connectivity index (χ3n) is 3.74. The zero-order chi connectivity index (χ0) is 15.4. The van der Waals surface area contributed by atoms with Crippen LogP contribution < -0.4 is 5.56 Å². The summed E-state index contributed by atoms with van der Waals surface area (Å²) in [5.74, 6) is 0.494. The van der Waals surface area contributed by atoms with E-state index in [1.807, 2.05) is 13.0 Å². The molecule has 0 fully saturated rings. The number of rotatable bonds is 5. The fraction of sp³-hybridized carbons (Fsp3) is 0.389. The lowest BCUT2D eigenvalue weighted by Gasteiger charge is -2.14. The van der Waals surface area contributed by atoms with Crippen molar-refractivity contribution in [1.29, 1.82) is 0 Å². The lowest BCUT2D eigenvalue weighted by Crippen LogP contribution is -2.25. The first-order valence-corrected chi connectivity index (χ1v) is 7.52. The molecule has 21 heavy (non-hydrogen) atoms. The highest BCUT2D eigenvalue weighted by Crippen LogP contribution is 2.22. The van der Waals surface area contributed by atoms with Crippen LogP contribution in [0, 0.1) is 0 Å².